The van der Waals surface area contributed by atoms with Crippen LogP contribution in [-0.4, -0.2) is 24.3 Å². The van der Waals surface area contributed by atoms with E-state index in [9.17, 15) is 9.90 Å². The van der Waals surface area contributed by atoms with Crippen LogP contribution in [0.1, 0.15) is 30.9 Å². The predicted molar refractivity (Wildman–Crippen MR) is 91.8 cm³/mol. The second-order valence-electron chi connectivity index (χ2n) is 5.79. The average molecular weight is 332 g/mol. The van der Waals surface area contributed by atoms with E-state index in [2.05, 4.69) is 10.6 Å². The summed E-state index contributed by atoms with van der Waals surface area (Å²) in [6.07, 6.45) is 0. The Morgan fingerprint density at radius 3 is 2.71 bits per heavy atom. The summed E-state index contributed by atoms with van der Waals surface area (Å²) in [4.78, 5) is 12.1. The summed E-state index contributed by atoms with van der Waals surface area (Å²) in [5.41, 5.74) is 0.288. The van der Waals surface area contributed by atoms with Gasteiger partial charge in [0.2, 0.25) is 0 Å². The van der Waals surface area contributed by atoms with Gasteiger partial charge in [0.05, 0.1) is 13.2 Å². The van der Waals surface area contributed by atoms with Gasteiger partial charge in [0.1, 0.15) is 17.1 Å². The lowest BCUT2D eigenvalue weighted by molar-refractivity contribution is 0.0364. The molecule has 24 heavy (non-hydrogen) atoms. The number of anilines is 1. The molecule has 1 atom stereocenters. The van der Waals surface area contributed by atoms with Crippen LogP contribution in [0.25, 0.3) is 0 Å². The quantitative estimate of drug-likeness (QED) is 0.727. The van der Waals surface area contributed by atoms with E-state index in [-0.39, 0.29) is 6.54 Å². The fourth-order valence-corrected chi connectivity index (χ4v) is 2.21. The molecule has 1 aromatic carbocycles. The number of benzene rings is 1. The fourth-order valence-electron chi connectivity index (χ4n) is 2.21. The highest BCUT2D eigenvalue weighted by atomic mass is 16.5. The van der Waals surface area contributed by atoms with Crippen LogP contribution in [0, 0.1) is 6.92 Å². The molecule has 0 spiro atoms. The van der Waals surface area contributed by atoms with Crippen LogP contribution in [0.4, 0.5) is 10.5 Å². The first-order valence-corrected chi connectivity index (χ1v) is 7.92. The van der Waals surface area contributed by atoms with E-state index in [1.807, 2.05) is 31.2 Å². The Balaban J connectivity index is 1.94. The minimum Gasteiger partial charge on any atom is -0.463 e. The Kier molecular flexibility index (Phi) is 6.00. The number of ether oxygens (including phenoxy) is 1. The van der Waals surface area contributed by atoms with Crippen molar-refractivity contribution >= 4 is 11.7 Å². The van der Waals surface area contributed by atoms with E-state index in [4.69, 9.17) is 9.15 Å². The number of aryl methyl sites for hydroxylation is 1. The van der Waals surface area contributed by atoms with Gasteiger partial charge in [0.15, 0.2) is 0 Å². The number of urea groups is 1. The average Bonchev–Trinajstić information content (AvgIpc) is 3.00. The predicted octanol–water partition coefficient (Wildman–Crippen LogP) is 3.15. The van der Waals surface area contributed by atoms with Crippen molar-refractivity contribution in [1.82, 2.24) is 5.32 Å². The maximum atomic E-state index is 12.1. The Bertz CT molecular complexity index is 679. The van der Waals surface area contributed by atoms with Crippen LogP contribution < -0.4 is 10.6 Å². The molecule has 0 fully saturated rings. The van der Waals surface area contributed by atoms with Crippen molar-refractivity contribution in [3.63, 3.8) is 0 Å². The number of aliphatic hydroxyl groups is 1. The molecule has 3 N–H and O–H groups in total. The molecule has 6 heteroatoms. The van der Waals surface area contributed by atoms with Gasteiger partial charge < -0.3 is 24.9 Å². The van der Waals surface area contributed by atoms with Crippen molar-refractivity contribution in [3.8, 4) is 0 Å². The fraction of sp³-hybridized carbons (Fsp3) is 0.389. The summed E-state index contributed by atoms with van der Waals surface area (Å²) in [6.45, 7) is 6.37. The molecule has 6 nitrogen and oxygen atoms in total. The number of rotatable bonds is 7. The van der Waals surface area contributed by atoms with Crippen molar-refractivity contribution in [2.24, 2.45) is 0 Å². The van der Waals surface area contributed by atoms with Crippen LogP contribution in [0.2, 0.25) is 0 Å². The number of hydrogen-bond acceptors (Lipinski definition) is 4. The van der Waals surface area contributed by atoms with Crippen LogP contribution in [0.15, 0.2) is 40.8 Å². The first kappa shape index (κ1) is 18.0. The Morgan fingerprint density at radius 1 is 1.29 bits per heavy atom. The summed E-state index contributed by atoms with van der Waals surface area (Å²) in [5.74, 6) is 1.12. The third kappa shape index (κ3) is 4.84. The van der Waals surface area contributed by atoms with Crippen LogP contribution >= 0.6 is 0 Å². The molecule has 1 aromatic heterocycles. The lowest BCUT2D eigenvalue weighted by atomic mass is 10.0. The van der Waals surface area contributed by atoms with E-state index in [1.54, 1.807) is 26.0 Å². The number of furan rings is 1. The highest BCUT2D eigenvalue weighted by Gasteiger charge is 2.27. The largest absolute Gasteiger partial charge is 0.463 e. The lowest BCUT2D eigenvalue weighted by Crippen LogP contribution is -2.40. The summed E-state index contributed by atoms with van der Waals surface area (Å²) >= 11 is 0. The lowest BCUT2D eigenvalue weighted by Gasteiger charge is -2.21. The van der Waals surface area contributed by atoms with Crippen molar-refractivity contribution < 1.29 is 19.1 Å². The Labute approximate surface area is 141 Å². The highest BCUT2D eigenvalue weighted by molar-refractivity contribution is 5.90. The molecule has 0 saturated carbocycles. The topological polar surface area (TPSA) is 83.7 Å². The molecule has 2 aromatic rings. The van der Waals surface area contributed by atoms with Crippen LogP contribution in [0.5, 0.6) is 0 Å². The first-order valence-electron chi connectivity index (χ1n) is 7.92. The smallest absolute Gasteiger partial charge is 0.319 e. The minimum absolute atomic E-state index is 0.0272. The van der Waals surface area contributed by atoms with Gasteiger partial charge in [0.25, 0.3) is 0 Å². The second-order valence-corrected chi connectivity index (χ2v) is 5.79. The molecule has 0 bridgehead atoms. The molecule has 0 aliphatic rings. The number of para-hydroxylation sites is 1. The van der Waals surface area contributed by atoms with Crippen molar-refractivity contribution in [1.29, 1.82) is 0 Å². The maximum absolute atomic E-state index is 12.1. The molecule has 0 aliphatic heterocycles. The molecule has 0 unspecified atom stereocenters. The van der Waals surface area contributed by atoms with Crippen molar-refractivity contribution in [3.05, 3.63) is 53.5 Å². The zero-order valence-corrected chi connectivity index (χ0v) is 14.3. The van der Waals surface area contributed by atoms with E-state index in [0.717, 1.165) is 5.56 Å². The van der Waals surface area contributed by atoms with Crippen LogP contribution in [0.3, 0.4) is 0 Å². The normalized spacial score (nSPS) is 13.3. The minimum atomic E-state index is -1.28. The SMILES string of the molecule is CCOCc1ccccc1NC(=O)NC[C@](C)(O)c1ccc(C)o1. The van der Waals surface area contributed by atoms with Crippen molar-refractivity contribution in [2.45, 2.75) is 33.0 Å². The van der Waals surface area contributed by atoms with Gasteiger partial charge in [-0.2, -0.15) is 0 Å². The molecule has 0 aliphatic carbocycles. The second kappa shape index (κ2) is 7.99. The van der Waals surface area contributed by atoms with Gasteiger partial charge in [-0.05, 0) is 39.0 Å². The zero-order chi connectivity index (χ0) is 17.6. The number of hydrogen-bond donors (Lipinski definition) is 3. The molecular formula is C18H24N2O4. The summed E-state index contributed by atoms with van der Waals surface area (Å²) in [6, 6.07) is 10.5. The van der Waals surface area contributed by atoms with E-state index in [0.29, 0.717) is 30.4 Å². The molecule has 2 amide bonds. The molecule has 2 rings (SSSR count). The standard InChI is InChI=1S/C18H24N2O4/c1-4-23-11-14-7-5-6-8-15(14)20-17(21)19-12-18(3,22)16-10-9-13(2)24-16/h5-10,22H,4,11-12H2,1-3H3,(H2,19,20,21)/t18-/m0/s1. The molecule has 130 valence electrons. The number of carbonyl (C=O) groups is 1. The van der Waals surface area contributed by atoms with Gasteiger partial charge in [-0.3, -0.25) is 0 Å². The third-order valence-corrected chi connectivity index (χ3v) is 3.59. The zero-order valence-electron chi connectivity index (χ0n) is 14.3. The van der Waals surface area contributed by atoms with E-state index in [1.165, 1.54) is 0 Å². The van der Waals surface area contributed by atoms with Gasteiger partial charge in [-0.25, -0.2) is 4.79 Å². The number of carbonyl (C=O) groups excluding carboxylic acids is 1. The molecule has 1 heterocycles. The highest BCUT2D eigenvalue weighted by Crippen LogP contribution is 2.22. The van der Waals surface area contributed by atoms with Crippen LogP contribution in [-0.2, 0) is 16.9 Å². The molecule has 0 saturated heterocycles. The van der Waals surface area contributed by atoms with Gasteiger partial charge in [0, 0.05) is 17.9 Å². The monoisotopic (exact) mass is 332 g/mol. The summed E-state index contributed by atoms with van der Waals surface area (Å²) < 4.78 is 10.8. The molecular weight excluding hydrogens is 308 g/mol. The number of nitrogens with one attached hydrogen (secondary N) is 2. The van der Waals surface area contributed by atoms with Gasteiger partial charge >= 0.3 is 6.03 Å². The number of amides is 2. The Morgan fingerprint density at radius 2 is 2.04 bits per heavy atom. The van der Waals surface area contributed by atoms with E-state index < -0.39 is 11.6 Å². The maximum Gasteiger partial charge on any atom is 0.319 e. The van der Waals surface area contributed by atoms with Crippen molar-refractivity contribution in [2.75, 3.05) is 18.5 Å². The van der Waals surface area contributed by atoms with E-state index >= 15 is 0 Å². The first-order chi connectivity index (χ1) is 11.4. The van der Waals surface area contributed by atoms with Gasteiger partial charge in [-0.15, -0.1) is 0 Å². The molecule has 0 radical (unpaired) electrons. The van der Waals surface area contributed by atoms with Gasteiger partial charge in [-0.1, -0.05) is 18.2 Å². The third-order valence-electron chi connectivity index (χ3n) is 3.59. The summed E-state index contributed by atoms with van der Waals surface area (Å²) in [5, 5.41) is 15.9. The Hall–Kier alpha value is -2.31. The summed E-state index contributed by atoms with van der Waals surface area (Å²) in [7, 11) is 0.